The number of halogens is 1. The maximum Gasteiger partial charge on any atom is 0.161 e. The van der Waals surface area contributed by atoms with Crippen molar-refractivity contribution in [3.63, 3.8) is 0 Å². The Balaban J connectivity index is 1.46. The van der Waals surface area contributed by atoms with Gasteiger partial charge in [-0.1, -0.05) is 0 Å². The summed E-state index contributed by atoms with van der Waals surface area (Å²) in [6.07, 6.45) is 7.07. The molecule has 0 aliphatic carbocycles. The number of hydrogen-bond acceptors (Lipinski definition) is 6. The van der Waals surface area contributed by atoms with Gasteiger partial charge in [-0.3, -0.25) is 10.1 Å². The number of benzene rings is 1. The first-order valence-corrected chi connectivity index (χ1v) is 12.0. The summed E-state index contributed by atoms with van der Waals surface area (Å²) in [5.41, 5.74) is 4.82. The third-order valence-electron chi connectivity index (χ3n) is 6.32. The lowest BCUT2D eigenvalue weighted by Gasteiger charge is -2.22. The number of hydrogen-bond donors (Lipinski definition) is 1. The van der Waals surface area contributed by atoms with Crippen molar-refractivity contribution in [1.82, 2.24) is 24.8 Å². The van der Waals surface area contributed by atoms with Crippen molar-refractivity contribution in [3.8, 4) is 0 Å². The van der Waals surface area contributed by atoms with Gasteiger partial charge in [0, 0.05) is 23.6 Å². The third kappa shape index (κ3) is 3.04. The number of nitrogens with zero attached hydrogens (tertiary/aromatic N) is 5. The van der Waals surface area contributed by atoms with Crippen LogP contribution in [0.1, 0.15) is 41.5 Å². The van der Waals surface area contributed by atoms with Crippen molar-refractivity contribution in [2.45, 2.75) is 31.1 Å². The lowest BCUT2D eigenvalue weighted by atomic mass is 9.91. The first kappa shape index (κ1) is 18.6. The summed E-state index contributed by atoms with van der Waals surface area (Å²) >= 11 is 0. The number of rotatable bonds is 2. The largest absolute Gasteiger partial charge is 0.261 e. The highest BCUT2D eigenvalue weighted by Crippen LogP contribution is 2.36. The summed E-state index contributed by atoms with van der Waals surface area (Å²) in [6.45, 7) is 0. The van der Waals surface area contributed by atoms with E-state index in [4.69, 9.17) is 4.98 Å². The van der Waals surface area contributed by atoms with Crippen LogP contribution < -0.4 is 0 Å². The molecule has 1 fully saturated rings. The van der Waals surface area contributed by atoms with Crippen molar-refractivity contribution in [1.29, 1.82) is 0 Å². The molecule has 0 spiro atoms. The quantitative estimate of drug-likeness (QED) is 0.518. The molecule has 5 heterocycles. The van der Waals surface area contributed by atoms with Crippen LogP contribution in [0.3, 0.4) is 0 Å². The number of sulfone groups is 1. The van der Waals surface area contributed by atoms with Crippen LogP contribution in [0.2, 0.25) is 0 Å². The first-order valence-electron chi connectivity index (χ1n) is 10.2. The molecule has 0 amide bonds. The van der Waals surface area contributed by atoms with Crippen LogP contribution in [-0.4, -0.2) is 50.9 Å². The van der Waals surface area contributed by atoms with Gasteiger partial charge in [0.15, 0.2) is 11.3 Å². The lowest BCUT2D eigenvalue weighted by molar-refractivity contribution is 0.546. The Morgan fingerprint density at radius 3 is 2.84 bits per heavy atom. The standard InChI is InChI=1S/C21H19FN6O2S/c22-15-1-2-18-13(8-15)7-14(9-23-18)16-11-25-28-20(16)26-19(17-10-24-27-21(17)28)12-3-5-31(29,30)6-4-12/h1-2,8-12,14H,3-7H2,(H,24,27). The summed E-state index contributed by atoms with van der Waals surface area (Å²) in [7, 11) is -2.97. The van der Waals surface area contributed by atoms with Gasteiger partial charge in [0.1, 0.15) is 15.7 Å². The van der Waals surface area contributed by atoms with E-state index < -0.39 is 9.84 Å². The fourth-order valence-corrected chi connectivity index (χ4v) is 6.15. The smallest absolute Gasteiger partial charge is 0.161 e. The monoisotopic (exact) mass is 438 g/mol. The van der Waals surface area contributed by atoms with Gasteiger partial charge in [-0.2, -0.15) is 14.7 Å². The highest BCUT2D eigenvalue weighted by Gasteiger charge is 2.29. The van der Waals surface area contributed by atoms with E-state index in [-0.39, 0.29) is 29.2 Å². The molecule has 0 radical (unpaired) electrons. The molecular formula is C21H19FN6O2S. The molecule has 31 heavy (non-hydrogen) atoms. The van der Waals surface area contributed by atoms with Crippen molar-refractivity contribution >= 4 is 38.4 Å². The van der Waals surface area contributed by atoms with Crippen LogP contribution in [-0.2, 0) is 16.3 Å². The topological polar surface area (TPSA) is 105 Å². The van der Waals surface area contributed by atoms with Crippen LogP contribution >= 0.6 is 0 Å². The summed E-state index contributed by atoms with van der Waals surface area (Å²) < 4.78 is 39.3. The zero-order valence-corrected chi connectivity index (χ0v) is 17.3. The maximum absolute atomic E-state index is 13.7. The second-order valence-corrected chi connectivity index (χ2v) is 10.6. The molecule has 6 rings (SSSR count). The van der Waals surface area contributed by atoms with Gasteiger partial charge in [0.25, 0.3) is 0 Å². The fourth-order valence-electron chi connectivity index (χ4n) is 4.66. The highest BCUT2D eigenvalue weighted by atomic mass is 32.2. The molecule has 0 bridgehead atoms. The molecule has 1 aromatic carbocycles. The van der Waals surface area contributed by atoms with Crippen molar-refractivity contribution in [3.05, 3.63) is 53.2 Å². The Kier molecular flexibility index (Phi) is 4.01. The minimum Gasteiger partial charge on any atom is -0.261 e. The second kappa shape index (κ2) is 6.68. The number of nitrogens with one attached hydrogen (secondary N) is 1. The zero-order chi connectivity index (χ0) is 21.2. The second-order valence-electron chi connectivity index (χ2n) is 8.25. The van der Waals surface area contributed by atoms with E-state index in [0.29, 0.717) is 24.9 Å². The number of H-pyrrole nitrogens is 1. The Bertz CT molecular complexity index is 1460. The van der Waals surface area contributed by atoms with Gasteiger partial charge >= 0.3 is 0 Å². The molecular weight excluding hydrogens is 419 g/mol. The van der Waals surface area contributed by atoms with Crippen molar-refractivity contribution in [2.24, 2.45) is 4.99 Å². The number of aromatic nitrogens is 5. The molecule has 2 aliphatic heterocycles. The van der Waals surface area contributed by atoms with Gasteiger partial charge in [-0.05, 0) is 43.0 Å². The Morgan fingerprint density at radius 1 is 1.16 bits per heavy atom. The molecule has 3 aromatic heterocycles. The van der Waals surface area contributed by atoms with Crippen molar-refractivity contribution in [2.75, 3.05) is 11.5 Å². The van der Waals surface area contributed by atoms with E-state index in [0.717, 1.165) is 33.5 Å². The van der Waals surface area contributed by atoms with Crippen LogP contribution in [0.5, 0.6) is 0 Å². The number of aliphatic imine (C=N–C) groups is 1. The summed E-state index contributed by atoms with van der Waals surface area (Å²) in [6, 6.07) is 4.63. The normalized spacial score (nSPS) is 21.0. The summed E-state index contributed by atoms with van der Waals surface area (Å²) in [5.74, 6) is 0.0353. The molecule has 1 unspecified atom stereocenters. The van der Waals surface area contributed by atoms with Gasteiger partial charge < -0.3 is 0 Å². The average molecular weight is 438 g/mol. The van der Waals surface area contributed by atoms with Gasteiger partial charge in [-0.25, -0.2) is 17.8 Å². The van der Waals surface area contributed by atoms with E-state index in [1.165, 1.54) is 12.1 Å². The molecule has 0 saturated carbocycles. The Morgan fingerprint density at radius 2 is 2.00 bits per heavy atom. The van der Waals surface area contributed by atoms with Gasteiger partial charge in [-0.15, -0.1) is 0 Å². The third-order valence-corrected chi connectivity index (χ3v) is 8.04. The molecule has 2 aliphatic rings. The molecule has 1 N–H and O–H groups in total. The average Bonchev–Trinajstić information content (AvgIpc) is 3.39. The molecule has 4 aromatic rings. The van der Waals surface area contributed by atoms with Crippen LogP contribution in [0.4, 0.5) is 10.1 Å². The lowest BCUT2D eigenvalue weighted by Crippen LogP contribution is -2.23. The minimum atomic E-state index is -2.97. The van der Waals surface area contributed by atoms with Crippen LogP contribution in [0, 0.1) is 5.82 Å². The van der Waals surface area contributed by atoms with E-state index in [2.05, 4.69) is 20.3 Å². The molecule has 1 atom stereocenters. The predicted molar refractivity (Wildman–Crippen MR) is 114 cm³/mol. The maximum atomic E-state index is 13.7. The van der Waals surface area contributed by atoms with Gasteiger partial charge in [0.2, 0.25) is 0 Å². The van der Waals surface area contributed by atoms with Crippen LogP contribution in [0.25, 0.3) is 16.7 Å². The SMILES string of the molecule is O=S1(=O)CCC(c2nc3c(C4C=Nc5ccc(F)cc5C4)cnn3c3[nH]ncc23)CC1. The van der Waals surface area contributed by atoms with E-state index >= 15 is 0 Å². The number of fused-ring (bicyclic) bond motifs is 4. The number of aromatic amines is 1. The van der Waals surface area contributed by atoms with Gasteiger partial charge in [0.05, 0.1) is 40.7 Å². The van der Waals surface area contributed by atoms with E-state index in [1.54, 1.807) is 23.0 Å². The van der Waals surface area contributed by atoms with Crippen molar-refractivity contribution < 1.29 is 12.8 Å². The fraction of sp³-hybridized carbons (Fsp3) is 0.333. The predicted octanol–water partition coefficient (Wildman–Crippen LogP) is 3.08. The molecule has 1 saturated heterocycles. The highest BCUT2D eigenvalue weighted by molar-refractivity contribution is 7.91. The molecule has 158 valence electrons. The van der Waals surface area contributed by atoms with E-state index in [1.807, 2.05) is 6.21 Å². The molecule has 10 heteroatoms. The first-order chi connectivity index (χ1) is 15.0. The summed E-state index contributed by atoms with van der Waals surface area (Å²) in [5, 5.41) is 12.6. The van der Waals surface area contributed by atoms with E-state index in [9.17, 15) is 12.8 Å². The Labute approximate surface area is 177 Å². The minimum absolute atomic E-state index is 0.0474. The van der Waals surface area contributed by atoms with Crippen LogP contribution in [0.15, 0.2) is 35.6 Å². The molecule has 8 nitrogen and oxygen atoms in total. The Hall–Kier alpha value is -3.14. The zero-order valence-electron chi connectivity index (χ0n) is 16.5. The summed E-state index contributed by atoms with van der Waals surface area (Å²) in [4.78, 5) is 9.48.